The van der Waals surface area contributed by atoms with Crippen molar-refractivity contribution in [3.05, 3.63) is 98.5 Å². The molecule has 3 aromatic rings. The van der Waals surface area contributed by atoms with E-state index in [1.165, 1.54) is 0 Å². The number of hydrogen-bond donors (Lipinski definition) is 1. The van der Waals surface area contributed by atoms with Gasteiger partial charge < -0.3 is 10.2 Å². The summed E-state index contributed by atoms with van der Waals surface area (Å²) in [6, 6.07) is 15.9. The number of ketones is 1. The predicted molar refractivity (Wildman–Crippen MR) is 127 cm³/mol. The fourth-order valence-corrected chi connectivity index (χ4v) is 6.23. The molecule has 0 spiro atoms. The molecule has 0 radical (unpaired) electrons. The monoisotopic (exact) mass is 452 g/mol. The number of allylic oxidation sites excluding steroid dienone is 3. The van der Waals surface area contributed by atoms with Crippen molar-refractivity contribution in [1.82, 2.24) is 0 Å². The maximum Gasteiger partial charge on any atom is 0.162 e. The lowest BCUT2D eigenvalue weighted by atomic mass is 9.73. The highest BCUT2D eigenvalue weighted by Crippen LogP contribution is 2.52. The minimum Gasteiger partial charge on any atom is -0.469 e. The summed E-state index contributed by atoms with van der Waals surface area (Å²) in [6.45, 7) is 2.02. The lowest BCUT2D eigenvalue weighted by Gasteiger charge is -2.43. The molecule has 2 aromatic heterocycles. The van der Waals surface area contributed by atoms with Crippen molar-refractivity contribution in [3.8, 4) is 6.07 Å². The number of anilines is 1. The van der Waals surface area contributed by atoms with Crippen LogP contribution in [0.4, 0.5) is 5.69 Å². The van der Waals surface area contributed by atoms with Gasteiger partial charge in [-0.25, -0.2) is 4.99 Å². The molecule has 0 saturated heterocycles. The number of rotatable bonds is 2. The molecule has 2 N–H and O–H groups in total. The van der Waals surface area contributed by atoms with Gasteiger partial charge in [-0.3, -0.25) is 9.69 Å². The second-order valence-electron chi connectivity index (χ2n) is 8.50. The Morgan fingerprint density at radius 3 is 2.79 bits per heavy atom. The number of amidine groups is 1. The number of fused-ring (bicyclic) bond motifs is 4. The van der Waals surface area contributed by atoms with Gasteiger partial charge in [-0.2, -0.15) is 5.26 Å². The first-order chi connectivity index (χ1) is 16.1. The molecule has 7 heteroatoms. The van der Waals surface area contributed by atoms with Crippen LogP contribution in [0.1, 0.15) is 46.4 Å². The zero-order valence-corrected chi connectivity index (χ0v) is 18.7. The van der Waals surface area contributed by atoms with Gasteiger partial charge >= 0.3 is 0 Å². The maximum absolute atomic E-state index is 13.7. The minimum absolute atomic E-state index is 0.0438. The number of benzene rings is 1. The molecular formula is C26H20N4O2S. The third-order valence-corrected chi connectivity index (χ3v) is 7.74. The van der Waals surface area contributed by atoms with Crippen LogP contribution in [0.15, 0.2) is 86.2 Å². The average Bonchev–Trinajstić information content (AvgIpc) is 3.50. The van der Waals surface area contributed by atoms with Crippen LogP contribution in [0.2, 0.25) is 0 Å². The molecule has 162 valence electrons. The van der Waals surface area contributed by atoms with Crippen molar-refractivity contribution < 1.29 is 9.21 Å². The van der Waals surface area contributed by atoms with Crippen molar-refractivity contribution >= 4 is 28.6 Å². The fourth-order valence-electron chi connectivity index (χ4n) is 5.18. The molecule has 1 aliphatic carbocycles. The van der Waals surface area contributed by atoms with Crippen LogP contribution in [0.25, 0.3) is 0 Å². The minimum atomic E-state index is -0.442. The van der Waals surface area contributed by atoms with Crippen LogP contribution in [0, 0.1) is 18.3 Å². The predicted octanol–water partition coefficient (Wildman–Crippen LogP) is 5.11. The lowest BCUT2D eigenvalue weighted by Crippen LogP contribution is -2.40. The Kier molecular flexibility index (Phi) is 4.39. The Morgan fingerprint density at radius 2 is 2.06 bits per heavy atom. The highest BCUT2D eigenvalue weighted by Gasteiger charge is 2.46. The summed E-state index contributed by atoms with van der Waals surface area (Å²) in [7, 11) is 0. The summed E-state index contributed by atoms with van der Waals surface area (Å²) in [4.78, 5) is 21.4. The second-order valence-corrected chi connectivity index (χ2v) is 9.45. The number of para-hydroxylation sites is 1. The van der Waals surface area contributed by atoms with Crippen molar-refractivity contribution in [3.63, 3.8) is 0 Å². The van der Waals surface area contributed by atoms with E-state index >= 15 is 0 Å². The molecule has 2 unspecified atom stereocenters. The Morgan fingerprint density at radius 1 is 1.21 bits per heavy atom. The molecule has 2 aliphatic heterocycles. The van der Waals surface area contributed by atoms with Gasteiger partial charge in [0.25, 0.3) is 0 Å². The topological polar surface area (TPSA) is 95.6 Å². The number of nitrogens with two attached hydrogens (primary N) is 1. The molecule has 1 aromatic carbocycles. The second kappa shape index (κ2) is 7.32. The van der Waals surface area contributed by atoms with Crippen LogP contribution < -0.4 is 10.6 Å². The third-order valence-electron chi connectivity index (χ3n) is 6.66. The van der Waals surface area contributed by atoms with Crippen LogP contribution in [-0.2, 0) is 4.79 Å². The molecule has 6 nitrogen and oxygen atoms in total. The van der Waals surface area contributed by atoms with Gasteiger partial charge in [0.2, 0.25) is 0 Å². The molecule has 0 saturated carbocycles. The molecule has 6 rings (SSSR count). The number of Topliss-reactive ketones (excluding diaryl/α,β-unsaturated/α-hetero) is 1. The van der Waals surface area contributed by atoms with Crippen LogP contribution in [0.3, 0.4) is 0 Å². The van der Waals surface area contributed by atoms with Gasteiger partial charge in [0, 0.05) is 34.0 Å². The standard InChI is InChI=1S/C26H20N4O2S/c1-14-8-10-33-24(14)22-17(13-27)26-29-25(28)16-5-2-3-6-18(16)30(26)19-11-15(12-20(31)23(19)22)21-7-4-9-32-21/h2-10,15,22H,11-12H2,1H3,(H2,28,29). The van der Waals surface area contributed by atoms with Gasteiger partial charge in [-0.05, 0) is 54.6 Å². The average molecular weight is 453 g/mol. The summed E-state index contributed by atoms with van der Waals surface area (Å²) in [5.41, 5.74) is 11.1. The van der Waals surface area contributed by atoms with E-state index in [1.54, 1.807) is 17.6 Å². The molecule has 4 heterocycles. The van der Waals surface area contributed by atoms with Crippen molar-refractivity contribution in [2.45, 2.75) is 31.6 Å². The normalized spacial score (nSPS) is 21.9. The Bertz CT molecular complexity index is 1430. The van der Waals surface area contributed by atoms with E-state index in [0.717, 1.165) is 33.1 Å². The number of aliphatic imine (C=N–C) groups is 1. The van der Waals surface area contributed by atoms with E-state index in [4.69, 9.17) is 15.1 Å². The smallest absolute Gasteiger partial charge is 0.162 e. The molecule has 3 aliphatic rings. The first kappa shape index (κ1) is 19.8. The number of furan rings is 1. The zero-order chi connectivity index (χ0) is 22.7. The van der Waals surface area contributed by atoms with E-state index in [2.05, 4.69) is 6.07 Å². The number of thiophene rings is 1. The summed E-state index contributed by atoms with van der Waals surface area (Å²) in [5, 5.41) is 12.3. The van der Waals surface area contributed by atoms with Crippen molar-refractivity contribution in [2.24, 2.45) is 10.7 Å². The summed E-state index contributed by atoms with van der Waals surface area (Å²) in [5.74, 6) is 1.21. The highest BCUT2D eigenvalue weighted by molar-refractivity contribution is 7.10. The first-order valence-corrected chi connectivity index (χ1v) is 11.7. The zero-order valence-electron chi connectivity index (χ0n) is 17.9. The van der Waals surface area contributed by atoms with Crippen molar-refractivity contribution in [2.75, 3.05) is 4.90 Å². The molecule has 0 bridgehead atoms. The Balaban J connectivity index is 1.64. The summed E-state index contributed by atoms with van der Waals surface area (Å²) >= 11 is 1.57. The van der Waals surface area contributed by atoms with E-state index < -0.39 is 5.92 Å². The molecule has 0 fully saturated rings. The van der Waals surface area contributed by atoms with Gasteiger partial charge in [-0.15, -0.1) is 11.3 Å². The van der Waals surface area contributed by atoms with Gasteiger partial charge in [-0.1, -0.05) is 12.1 Å². The summed E-state index contributed by atoms with van der Waals surface area (Å²) < 4.78 is 5.68. The van der Waals surface area contributed by atoms with Gasteiger partial charge in [0.15, 0.2) is 11.6 Å². The summed E-state index contributed by atoms with van der Waals surface area (Å²) in [6.07, 6.45) is 2.60. The number of hydrogen-bond acceptors (Lipinski definition) is 7. The number of nitrogens with zero attached hydrogens (tertiary/aromatic N) is 3. The third kappa shape index (κ3) is 2.84. The van der Waals surface area contributed by atoms with Gasteiger partial charge in [0.1, 0.15) is 11.6 Å². The van der Waals surface area contributed by atoms with E-state index in [-0.39, 0.29) is 11.7 Å². The first-order valence-electron chi connectivity index (χ1n) is 10.8. The number of carbonyl (C=O) groups excluding carboxylic acids is 1. The van der Waals surface area contributed by atoms with E-state index in [9.17, 15) is 10.1 Å². The SMILES string of the molecule is Cc1ccsc1C1C(C#N)=C2N=C(N)c3ccccc3N2C2=C1C(=O)CC(c1ccco1)C2. The van der Waals surface area contributed by atoms with Crippen molar-refractivity contribution in [1.29, 1.82) is 5.26 Å². The van der Waals surface area contributed by atoms with Crippen LogP contribution in [0.5, 0.6) is 0 Å². The Hall–Kier alpha value is -3.89. The van der Waals surface area contributed by atoms with Crippen LogP contribution in [-0.4, -0.2) is 11.6 Å². The Labute approximate surface area is 195 Å². The van der Waals surface area contributed by atoms with Gasteiger partial charge in [0.05, 0.1) is 29.5 Å². The molecule has 33 heavy (non-hydrogen) atoms. The number of aryl methyl sites for hydroxylation is 1. The fraction of sp³-hybridized carbons (Fsp3) is 0.192. The molecule has 2 atom stereocenters. The maximum atomic E-state index is 13.7. The quantitative estimate of drug-likeness (QED) is 0.583. The lowest BCUT2D eigenvalue weighted by molar-refractivity contribution is -0.116. The number of carbonyl (C=O) groups is 1. The highest BCUT2D eigenvalue weighted by atomic mass is 32.1. The number of nitriles is 1. The van der Waals surface area contributed by atoms with E-state index in [1.807, 2.05) is 59.7 Å². The molecular weight excluding hydrogens is 432 g/mol. The largest absolute Gasteiger partial charge is 0.469 e. The molecule has 0 amide bonds. The van der Waals surface area contributed by atoms with E-state index in [0.29, 0.717) is 35.6 Å². The van der Waals surface area contributed by atoms with Crippen LogP contribution >= 0.6 is 11.3 Å².